The van der Waals surface area contributed by atoms with E-state index in [0.717, 1.165) is 30.8 Å². The normalized spacial score (nSPS) is 23.1. The third kappa shape index (κ3) is 2.98. The van der Waals surface area contributed by atoms with Crippen molar-refractivity contribution in [3.63, 3.8) is 0 Å². The topological polar surface area (TPSA) is 32.3 Å². The Hall–Kier alpha value is -2.13. The van der Waals surface area contributed by atoms with E-state index in [1.54, 1.807) is 0 Å². The van der Waals surface area contributed by atoms with Crippen molar-refractivity contribution < 1.29 is 4.79 Å². The lowest BCUT2D eigenvalue weighted by Crippen LogP contribution is -2.29. The molecule has 0 saturated carbocycles. The summed E-state index contributed by atoms with van der Waals surface area (Å²) in [6, 6.07) is 15.1. The first-order valence-electron chi connectivity index (χ1n) is 9.24. The highest BCUT2D eigenvalue weighted by Crippen LogP contribution is 2.37. The minimum atomic E-state index is 0.0766. The molecule has 2 atom stereocenters. The number of rotatable bonds is 2. The van der Waals surface area contributed by atoms with Crippen LogP contribution in [0.4, 0.5) is 0 Å². The monoisotopic (exact) mass is 334 g/mol. The molecule has 0 radical (unpaired) electrons. The summed E-state index contributed by atoms with van der Waals surface area (Å²) in [6.45, 7) is 7.28. The molecule has 2 unspecified atom stereocenters. The summed E-state index contributed by atoms with van der Waals surface area (Å²) in [5, 5.41) is 3.13. The van der Waals surface area contributed by atoms with Gasteiger partial charge in [-0.05, 0) is 47.2 Å². The lowest BCUT2D eigenvalue weighted by atomic mass is 9.86. The molecular formula is C22H26N2O. The Kier molecular flexibility index (Phi) is 4.12. The number of likely N-dealkylation sites (N-methyl/N-ethyl adjacent to an activating group) is 1. The van der Waals surface area contributed by atoms with Crippen molar-refractivity contribution in [2.45, 2.75) is 25.7 Å². The Balaban J connectivity index is 1.72. The fourth-order valence-corrected chi connectivity index (χ4v) is 4.28. The van der Waals surface area contributed by atoms with Gasteiger partial charge in [-0.2, -0.15) is 0 Å². The van der Waals surface area contributed by atoms with Crippen LogP contribution in [0, 0.1) is 5.92 Å². The average molecular weight is 334 g/mol. The zero-order chi connectivity index (χ0) is 17.6. The van der Waals surface area contributed by atoms with E-state index in [1.165, 1.54) is 16.7 Å². The van der Waals surface area contributed by atoms with E-state index >= 15 is 0 Å². The van der Waals surface area contributed by atoms with E-state index < -0.39 is 0 Å². The molecule has 1 fully saturated rings. The number of fused-ring (bicyclic) bond motifs is 3. The Morgan fingerprint density at radius 1 is 1.04 bits per heavy atom. The second-order valence-electron chi connectivity index (χ2n) is 7.88. The average Bonchev–Trinajstić information content (AvgIpc) is 2.94. The summed E-state index contributed by atoms with van der Waals surface area (Å²) in [4.78, 5) is 15.0. The van der Waals surface area contributed by atoms with Gasteiger partial charge in [0.05, 0.1) is 0 Å². The number of benzene rings is 2. The first-order chi connectivity index (χ1) is 12.0. The Bertz CT molecular complexity index is 794. The number of hydrogen-bond acceptors (Lipinski definition) is 2. The summed E-state index contributed by atoms with van der Waals surface area (Å²) >= 11 is 0. The van der Waals surface area contributed by atoms with Crippen LogP contribution in [0.3, 0.4) is 0 Å². The van der Waals surface area contributed by atoms with Crippen LogP contribution in [0.1, 0.15) is 47.2 Å². The zero-order valence-electron chi connectivity index (χ0n) is 15.3. The van der Waals surface area contributed by atoms with Gasteiger partial charge in [0, 0.05) is 31.1 Å². The smallest absolute Gasteiger partial charge is 0.251 e. The fourth-order valence-electron chi connectivity index (χ4n) is 4.28. The van der Waals surface area contributed by atoms with Crippen molar-refractivity contribution in [1.82, 2.24) is 10.2 Å². The lowest BCUT2D eigenvalue weighted by Gasteiger charge is -2.17. The van der Waals surface area contributed by atoms with Crippen molar-refractivity contribution in [2.75, 3.05) is 26.7 Å². The minimum Gasteiger partial charge on any atom is -0.352 e. The van der Waals surface area contributed by atoms with Crippen molar-refractivity contribution in [2.24, 2.45) is 5.92 Å². The molecule has 25 heavy (non-hydrogen) atoms. The summed E-state index contributed by atoms with van der Waals surface area (Å²) in [7, 11) is 2.17. The first kappa shape index (κ1) is 16.3. The van der Waals surface area contributed by atoms with Gasteiger partial charge >= 0.3 is 0 Å². The summed E-state index contributed by atoms with van der Waals surface area (Å²) in [5.74, 6) is 1.58. The van der Waals surface area contributed by atoms with Crippen molar-refractivity contribution >= 4 is 5.91 Å². The van der Waals surface area contributed by atoms with E-state index in [0.29, 0.717) is 17.8 Å². The van der Waals surface area contributed by atoms with E-state index in [-0.39, 0.29) is 5.91 Å². The Labute approximate surface area is 150 Å². The van der Waals surface area contributed by atoms with Gasteiger partial charge in [-0.1, -0.05) is 50.2 Å². The largest absolute Gasteiger partial charge is 0.352 e. The Morgan fingerprint density at radius 3 is 2.48 bits per heavy atom. The van der Waals surface area contributed by atoms with Crippen LogP contribution in [-0.2, 0) is 0 Å². The van der Waals surface area contributed by atoms with E-state index in [9.17, 15) is 4.79 Å². The molecule has 0 aliphatic carbocycles. The standard InChI is InChI=1S/C22H26N2O/c1-14(2)15-4-6-16(7-5-15)17-8-9-19-20(10-17)22(25)23-11-18-12-24(3)13-21(18)19/h4-10,14,18,21H,11-13H2,1-3H3,(H,23,25). The van der Waals surface area contributed by atoms with Gasteiger partial charge in [-0.3, -0.25) is 4.79 Å². The molecule has 2 aliphatic heterocycles. The summed E-state index contributed by atoms with van der Waals surface area (Å²) in [6.07, 6.45) is 0. The molecule has 1 N–H and O–H groups in total. The molecule has 0 aromatic heterocycles. The molecule has 0 spiro atoms. The number of amides is 1. The van der Waals surface area contributed by atoms with Gasteiger partial charge < -0.3 is 10.2 Å². The van der Waals surface area contributed by atoms with Crippen LogP contribution >= 0.6 is 0 Å². The first-order valence-corrected chi connectivity index (χ1v) is 9.24. The van der Waals surface area contributed by atoms with Gasteiger partial charge in [0.2, 0.25) is 0 Å². The quantitative estimate of drug-likeness (QED) is 0.904. The molecule has 3 heteroatoms. The molecule has 2 aromatic carbocycles. The predicted molar refractivity (Wildman–Crippen MR) is 102 cm³/mol. The molecule has 2 aromatic rings. The number of likely N-dealkylation sites (tertiary alicyclic amines) is 1. The maximum atomic E-state index is 12.6. The van der Waals surface area contributed by atoms with Gasteiger partial charge in [0.25, 0.3) is 5.91 Å². The van der Waals surface area contributed by atoms with Crippen LogP contribution in [0.25, 0.3) is 11.1 Å². The lowest BCUT2D eigenvalue weighted by molar-refractivity contribution is 0.0951. The molecule has 2 aliphatic rings. The number of nitrogens with zero attached hydrogens (tertiary/aromatic N) is 1. The minimum absolute atomic E-state index is 0.0766. The molecular weight excluding hydrogens is 308 g/mol. The number of carbonyl (C=O) groups is 1. The third-order valence-electron chi connectivity index (χ3n) is 5.76. The van der Waals surface area contributed by atoms with Crippen LogP contribution in [0.5, 0.6) is 0 Å². The SMILES string of the molecule is CC(C)c1ccc(-c2ccc3c(c2)C(=O)NCC2CN(C)CC32)cc1. The van der Waals surface area contributed by atoms with Crippen molar-refractivity contribution in [3.8, 4) is 11.1 Å². The number of hydrogen-bond donors (Lipinski definition) is 1. The molecule has 130 valence electrons. The highest BCUT2D eigenvalue weighted by Gasteiger charge is 2.36. The van der Waals surface area contributed by atoms with Crippen LogP contribution in [0.2, 0.25) is 0 Å². The summed E-state index contributed by atoms with van der Waals surface area (Å²) in [5.41, 5.74) is 5.70. The Morgan fingerprint density at radius 2 is 1.76 bits per heavy atom. The molecule has 3 nitrogen and oxygen atoms in total. The van der Waals surface area contributed by atoms with E-state index in [2.05, 4.69) is 73.6 Å². The van der Waals surface area contributed by atoms with Gasteiger partial charge in [0.15, 0.2) is 0 Å². The molecule has 1 amide bonds. The maximum Gasteiger partial charge on any atom is 0.251 e. The van der Waals surface area contributed by atoms with Gasteiger partial charge in [-0.15, -0.1) is 0 Å². The highest BCUT2D eigenvalue weighted by atomic mass is 16.1. The number of carbonyl (C=O) groups excluding carboxylic acids is 1. The predicted octanol–water partition coefficient (Wildman–Crippen LogP) is 3.87. The molecule has 4 rings (SSSR count). The number of nitrogens with one attached hydrogen (secondary N) is 1. The van der Waals surface area contributed by atoms with Crippen molar-refractivity contribution in [1.29, 1.82) is 0 Å². The second kappa shape index (κ2) is 6.30. The summed E-state index contributed by atoms with van der Waals surface area (Å²) < 4.78 is 0. The van der Waals surface area contributed by atoms with E-state index in [1.807, 2.05) is 0 Å². The van der Waals surface area contributed by atoms with Crippen LogP contribution < -0.4 is 5.32 Å². The molecule has 0 bridgehead atoms. The van der Waals surface area contributed by atoms with Crippen molar-refractivity contribution in [3.05, 3.63) is 59.2 Å². The zero-order valence-corrected chi connectivity index (χ0v) is 15.3. The van der Waals surface area contributed by atoms with E-state index in [4.69, 9.17) is 0 Å². The van der Waals surface area contributed by atoms with Gasteiger partial charge in [-0.25, -0.2) is 0 Å². The van der Waals surface area contributed by atoms with Crippen LogP contribution in [-0.4, -0.2) is 37.5 Å². The van der Waals surface area contributed by atoms with Gasteiger partial charge in [0.1, 0.15) is 0 Å². The second-order valence-corrected chi connectivity index (χ2v) is 7.88. The maximum absolute atomic E-state index is 12.6. The third-order valence-corrected chi connectivity index (χ3v) is 5.76. The molecule has 1 saturated heterocycles. The molecule has 2 heterocycles. The van der Waals surface area contributed by atoms with Crippen LogP contribution in [0.15, 0.2) is 42.5 Å². The fraction of sp³-hybridized carbons (Fsp3) is 0.409. The highest BCUT2D eigenvalue weighted by molar-refractivity contribution is 5.97.